The van der Waals surface area contributed by atoms with Gasteiger partial charge in [0.05, 0.1) is 0 Å². The number of halogens is 2. The second kappa shape index (κ2) is 9.45. The van der Waals surface area contributed by atoms with Crippen LogP contribution in [0.25, 0.3) is 6.08 Å². The fraction of sp³-hybridized carbons (Fsp3) is 0.500. The summed E-state index contributed by atoms with van der Waals surface area (Å²) < 4.78 is 30.3. The minimum absolute atomic E-state index is 0.0779. The van der Waals surface area contributed by atoms with Crippen LogP contribution < -0.4 is 0 Å². The Hall–Kier alpha value is -1.96. The molecular formula is C28H34F2. The van der Waals surface area contributed by atoms with Crippen molar-refractivity contribution in [2.45, 2.75) is 83.0 Å². The highest BCUT2D eigenvalue weighted by molar-refractivity contribution is 5.51. The van der Waals surface area contributed by atoms with E-state index in [4.69, 9.17) is 0 Å². The minimum Gasteiger partial charge on any atom is -0.207 e. The van der Waals surface area contributed by atoms with Crippen LogP contribution in [0.1, 0.15) is 97.9 Å². The number of hydrogen-bond acceptors (Lipinski definition) is 0. The zero-order chi connectivity index (χ0) is 21.1. The average Bonchev–Trinajstić information content (AvgIpc) is 2.77. The fourth-order valence-electron chi connectivity index (χ4n) is 5.66. The van der Waals surface area contributed by atoms with Crippen LogP contribution in [0.2, 0.25) is 0 Å². The van der Waals surface area contributed by atoms with E-state index in [1.165, 1.54) is 43.2 Å². The molecule has 1 fully saturated rings. The van der Waals surface area contributed by atoms with E-state index < -0.39 is 0 Å². The summed E-state index contributed by atoms with van der Waals surface area (Å²) in [4.78, 5) is 0. The van der Waals surface area contributed by atoms with Crippen molar-refractivity contribution in [3.05, 3.63) is 76.4 Å². The summed E-state index contributed by atoms with van der Waals surface area (Å²) in [5.74, 6) is 0.360. The molecule has 0 N–H and O–H groups in total. The summed E-state index contributed by atoms with van der Waals surface area (Å²) in [5.41, 5.74) is 4.78. The van der Waals surface area contributed by atoms with Gasteiger partial charge in [0.1, 0.15) is 11.6 Å². The van der Waals surface area contributed by atoms with E-state index in [9.17, 15) is 0 Å². The number of fused-ring (bicyclic) bond motifs is 1. The molecule has 4 rings (SSSR count). The molecule has 2 aliphatic rings. The quantitative estimate of drug-likeness (QED) is 0.450. The zero-order valence-corrected chi connectivity index (χ0v) is 18.2. The molecule has 0 bridgehead atoms. The number of benzene rings is 2. The van der Waals surface area contributed by atoms with Crippen LogP contribution in [0.4, 0.5) is 8.78 Å². The number of unbranched alkanes of at least 4 members (excludes halogenated alkanes) is 1. The molecule has 0 spiro atoms. The third-order valence-corrected chi connectivity index (χ3v) is 7.49. The molecule has 1 unspecified atom stereocenters. The maximum Gasteiger partial charge on any atom is 0.129 e. The molecule has 0 nitrogen and oxygen atoms in total. The van der Waals surface area contributed by atoms with Crippen LogP contribution in [-0.4, -0.2) is 0 Å². The Balaban J connectivity index is 1.48. The summed E-state index contributed by atoms with van der Waals surface area (Å²) in [6.07, 6.45) is 12.6. The van der Waals surface area contributed by atoms with Crippen LogP contribution in [0, 0.1) is 17.6 Å². The molecule has 0 aromatic heterocycles. The first-order valence-corrected chi connectivity index (χ1v) is 11.8. The Morgan fingerprint density at radius 3 is 2.33 bits per heavy atom. The van der Waals surface area contributed by atoms with Gasteiger partial charge >= 0.3 is 0 Å². The molecule has 0 amide bonds. The Morgan fingerprint density at radius 2 is 1.67 bits per heavy atom. The van der Waals surface area contributed by atoms with Gasteiger partial charge in [0.25, 0.3) is 0 Å². The van der Waals surface area contributed by atoms with Crippen LogP contribution in [-0.2, 0) is 12.8 Å². The molecule has 0 saturated heterocycles. The third kappa shape index (κ3) is 4.53. The van der Waals surface area contributed by atoms with E-state index in [1.54, 1.807) is 12.1 Å². The van der Waals surface area contributed by atoms with E-state index in [2.05, 4.69) is 25.6 Å². The van der Waals surface area contributed by atoms with E-state index in [-0.39, 0.29) is 17.6 Å². The van der Waals surface area contributed by atoms with Crippen molar-refractivity contribution in [2.24, 2.45) is 5.92 Å². The maximum absolute atomic E-state index is 15.1. The lowest BCUT2D eigenvalue weighted by molar-refractivity contribution is 0.303. The van der Waals surface area contributed by atoms with E-state index in [0.29, 0.717) is 17.9 Å². The van der Waals surface area contributed by atoms with Gasteiger partial charge in [-0.2, -0.15) is 0 Å². The van der Waals surface area contributed by atoms with Crippen molar-refractivity contribution in [2.75, 3.05) is 0 Å². The molecule has 1 saturated carbocycles. The third-order valence-electron chi connectivity index (χ3n) is 7.49. The summed E-state index contributed by atoms with van der Waals surface area (Å²) in [7, 11) is 0. The highest BCUT2D eigenvalue weighted by Crippen LogP contribution is 2.41. The molecule has 1 atom stereocenters. The standard InChI is InChI=1S/C28H34F2/c1-3-5-6-20-8-10-21(11-9-20)25-17-26(29)28(27(30)18-25)24-14-13-22-15-19(4-2)7-12-23(22)16-24/h4,7,12,15,17-18,20-21,24H,2-3,5-6,8-11,13-14,16H2,1H3. The molecule has 2 aliphatic carbocycles. The van der Waals surface area contributed by atoms with Gasteiger partial charge in [-0.3, -0.25) is 0 Å². The van der Waals surface area contributed by atoms with Gasteiger partial charge in [0.2, 0.25) is 0 Å². The predicted octanol–water partition coefficient (Wildman–Crippen LogP) is 8.34. The smallest absolute Gasteiger partial charge is 0.129 e. The first kappa shape index (κ1) is 21.3. The summed E-state index contributed by atoms with van der Waals surface area (Å²) in [5, 5.41) is 0. The molecule has 2 aromatic carbocycles. The van der Waals surface area contributed by atoms with Gasteiger partial charge in [0, 0.05) is 5.56 Å². The first-order chi connectivity index (χ1) is 14.6. The second-order valence-electron chi connectivity index (χ2n) is 9.43. The van der Waals surface area contributed by atoms with Crippen molar-refractivity contribution in [3.8, 4) is 0 Å². The van der Waals surface area contributed by atoms with Gasteiger partial charge in [-0.1, -0.05) is 57.0 Å². The van der Waals surface area contributed by atoms with Crippen molar-refractivity contribution in [3.63, 3.8) is 0 Å². The van der Waals surface area contributed by atoms with Crippen LogP contribution in [0.15, 0.2) is 36.9 Å². The molecule has 2 heteroatoms. The molecule has 2 aromatic rings. The SMILES string of the molecule is C=Cc1ccc2c(c1)CCC(c1c(F)cc(C3CCC(CCCC)CC3)cc1F)C2. The lowest BCUT2D eigenvalue weighted by atomic mass is 9.75. The second-order valence-corrected chi connectivity index (χ2v) is 9.43. The molecule has 0 heterocycles. The number of rotatable bonds is 6. The van der Waals surface area contributed by atoms with Crippen LogP contribution in [0.3, 0.4) is 0 Å². The molecule has 30 heavy (non-hydrogen) atoms. The van der Waals surface area contributed by atoms with E-state index >= 15 is 8.78 Å². The van der Waals surface area contributed by atoms with Gasteiger partial charge in [-0.15, -0.1) is 0 Å². The Labute approximate surface area is 180 Å². The van der Waals surface area contributed by atoms with Crippen molar-refractivity contribution in [1.29, 1.82) is 0 Å². The normalized spacial score (nSPS) is 23.8. The van der Waals surface area contributed by atoms with Gasteiger partial charge in [-0.25, -0.2) is 8.78 Å². The molecular weight excluding hydrogens is 374 g/mol. The van der Waals surface area contributed by atoms with Gasteiger partial charge < -0.3 is 0 Å². The van der Waals surface area contributed by atoms with Gasteiger partial charge in [0.15, 0.2) is 0 Å². The number of aryl methyl sites for hydroxylation is 1. The summed E-state index contributed by atoms with van der Waals surface area (Å²) >= 11 is 0. The largest absolute Gasteiger partial charge is 0.207 e. The van der Waals surface area contributed by atoms with Crippen LogP contribution >= 0.6 is 0 Å². The fourth-order valence-corrected chi connectivity index (χ4v) is 5.66. The van der Waals surface area contributed by atoms with Crippen molar-refractivity contribution in [1.82, 2.24) is 0 Å². The van der Waals surface area contributed by atoms with E-state index in [0.717, 1.165) is 42.7 Å². The monoisotopic (exact) mass is 408 g/mol. The highest BCUT2D eigenvalue weighted by Gasteiger charge is 2.28. The molecule has 0 aliphatic heterocycles. The first-order valence-electron chi connectivity index (χ1n) is 11.8. The minimum atomic E-state index is -0.339. The summed E-state index contributed by atoms with van der Waals surface area (Å²) in [6.45, 7) is 6.07. The van der Waals surface area contributed by atoms with E-state index in [1.807, 2.05) is 12.1 Å². The van der Waals surface area contributed by atoms with Crippen LogP contribution in [0.5, 0.6) is 0 Å². The Morgan fingerprint density at radius 1 is 0.933 bits per heavy atom. The number of hydrogen-bond donors (Lipinski definition) is 0. The highest BCUT2D eigenvalue weighted by atomic mass is 19.1. The lowest BCUT2D eigenvalue weighted by Crippen LogP contribution is -2.17. The lowest BCUT2D eigenvalue weighted by Gasteiger charge is -2.30. The average molecular weight is 409 g/mol. The van der Waals surface area contributed by atoms with Crippen molar-refractivity contribution >= 4 is 6.08 Å². The van der Waals surface area contributed by atoms with Crippen molar-refractivity contribution < 1.29 is 8.78 Å². The summed E-state index contributed by atoms with van der Waals surface area (Å²) in [6, 6.07) is 9.59. The predicted molar refractivity (Wildman–Crippen MR) is 122 cm³/mol. The Kier molecular flexibility index (Phi) is 6.71. The van der Waals surface area contributed by atoms with Gasteiger partial charge in [-0.05, 0) is 97.1 Å². The zero-order valence-electron chi connectivity index (χ0n) is 18.2. The maximum atomic E-state index is 15.1. The topological polar surface area (TPSA) is 0 Å². The molecule has 0 radical (unpaired) electrons. The Bertz CT molecular complexity index is 867. The molecule has 160 valence electrons.